The Morgan fingerprint density at radius 1 is 1.42 bits per heavy atom. The van der Waals surface area contributed by atoms with Gasteiger partial charge in [0, 0.05) is 12.1 Å². The summed E-state index contributed by atoms with van der Waals surface area (Å²) in [4.78, 5) is 12.1. The van der Waals surface area contributed by atoms with E-state index >= 15 is 0 Å². The highest BCUT2D eigenvalue weighted by atomic mass is 16.5. The Hall–Kier alpha value is -3.07. The lowest BCUT2D eigenvalue weighted by atomic mass is 10.2. The molecule has 124 valence electrons. The minimum Gasteiger partial charge on any atom is -0.479 e. The highest BCUT2D eigenvalue weighted by Gasteiger charge is 2.09. The van der Waals surface area contributed by atoms with Crippen LogP contribution in [0.2, 0.25) is 0 Å². The molecule has 0 aliphatic heterocycles. The summed E-state index contributed by atoms with van der Waals surface area (Å²) < 4.78 is 6.98. The summed E-state index contributed by atoms with van der Waals surface area (Å²) >= 11 is 0. The van der Waals surface area contributed by atoms with Crippen LogP contribution in [0, 0.1) is 11.3 Å². The predicted octanol–water partition coefficient (Wildman–Crippen LogP) is 3.41. The van der Waals surface area contributed by atoms with E-state index in [0.717, 1.165) is 12.0 Å². The molecule has 0 aliphatic rings. The average Bonchev–Trinajstić information content (AvgIpc) is 3.06. The lowest BCUT2D eigenvalue weighted by molar-refractivity contribution is -0.111. The van der Waals surface area contributed by atoms with Gasteiger partial charge in [-0.05, 0) is 37.1 Å². The molecule has 0 saturated heterocycles. The number of ether oxygens (including phenoxy) is 1. The van der Waals surface area contributed by atoms with Crippen LogP contribution < -0.4 is 10.1 Å². The van der Waals surface area contributed by atoms with E-state index in [-0.39, 0.29) is 18.6 Å². The van der Waals surface area contributed by atoms with Gasteiger partial charge in [-0.3, -0.25) is 4.79 Å². The van der Waals surface area contributed by atoms with Gasteiger partial charge < -0.3 is 10.1 Å². The quantitative estimate of drug-likeness (QED) is 0.792. The minimum absolute atomic E-state index is 0.0153. The maximum absolute atomic E-state index is 12.1. The van der Waals surface area contributed by atoms with Crippen molar-refractivity contribution in [1.29, 1.82) is 5.26 Å². The second-order valence-corrected chi connectivity index (χ2v) is 5.26. The molecule has 1 unspecified atom stereocenters. The fourth-order valence-corrected chi connectivity index (χ4v) is 2.07. The number of benzene rings is 1. The van der Waals surface area contributed by atoms with Gasteiger partial charge in [0.2, 0.25) is 5.91 Å². The SMILES string of the molecule is CCC(C)n1nccc1NC(=O)C=Cc1ccc(OCC#N)cc1. The Morgan fingerprint density at radius 2 is 2.17 bits per heavy atom. The molecule has 1 atom stereocenters. The first-order valence-corrected chi connectivity index (χ1v) is 7.76. The molecule has 24 heavy (non-hydrogen) atoms. The van der Waals surface area contributed by atoms with Crippen molar-refractivity contribution in [2.45, 2.75) is 26.3 Å². The Kier molecular flexibility index (Phi) is 6.15. The van der Waals surface area contributed by atoms with E-state index in [9.17, 15) is 4.79 Å². The van der Waals surface area contributed by atoms with Crippen LogP contribution >= 0.6 is 0 Å². The van der Waals surface area contributed by atoms with Crippen LogP contribution in [-0.2, 0) is 4.79 Å². The number of hydrogen-bond acceptors (Lipinski definition) is 4. The van der Waals surface area contributed by atoms with Crippen LogP contribution in [0.15, 0.2) is 42.6 Å². The summed E-state index contributed by atoms with van der Waals surface area (Å²) in [5.74, 6) is 1.08. The molecule has 0 aliphatic carbocycles. The Labute approximate surface area is 141 Å². The van der Waals surface area contributed by atoms with Crippen LogP contribution in [0.1, 0.15) is 31.9 Å². The topological polar surface area (TPSA) is 79.9 Å². The molecule has 0 spiro atoms. The van der Waals surface area contributed by atoms with Crippen molar-refractivity contribution >= 4 is 17.8 Å². The third-order valence-electron chi connectivity index (χ3n) is 3.54. The number of nitrogens with zero attached hydrogens (tertiary/aromatic N) is 3. The molecular weight excluding hydrogens is 304 g/mol. The van der Waals surface area contributed by atoms with Crippen molar-refractivity contribution in [1.82, 2.24) is 9.78 Å². The van der Waals surface area contributed by atoms with Gasteiger partial charge in [0.1, 0.15) is 17.6 Å². The van der Waals surface area contributed by atoms with Crippen molar-refractivity contribution in [3.05, 3.63) is 48.2 Å². The van der Waals surface area contributed by atoms with Crippen LogP contribution in [-0.4, -0.2) is 22.3 Å². The minimum atomic E-state index is -0.218. The lowest BCUT2D eigenvalue weighted by Gasteiger charge is -2.13. The summed E-state index contributed by atoms with van der Waals surface area (Å²) in [6.45, 7) is 4.14. The van der Waals surface area contributed by atoms with Gasteiger partial charge in [-0.15, -0.1) is 0 Å². The van der Waals surface area contributed by atoms with E-state index in [1.165, 1.54) is 6.08 Å². The molecule has 1 N–H and O–H groups in total. The van der Waals surface area contributed by atoms with Gasteiger partial charge in [0.25, 0.3) is 0 Å². The molecule has 6 nitrogen and oxygen atoms in total. The van der Waals surface area contributed by atoms with Crippen LogP contribution in [0.25, 0.3) is 6.08 Å². The third-order valence-corrected chi connectivity index (χ3v) is 3.54. The molecule has 0 saturated carbocycles. The molecule has 1 aromatic carbocycles. The highest BCUT2D eigenvalue weighted by Crippen LogP contribution is 2.17. The molecule has 6 heteroatoms. The molecule has 0 radical (unpaired) electrons. The van der Waals surface area contributed by atoms with Crippen molar-refractivity contribution < 1.29 is 9.53 Å². The van der Waals surface area contributed by atoms with Crippen molar-refractivity contribution in [2.24, 2.45) is 0 Å². The molecular formula is C18H20N4O2. The molecule has 2 rings (SSSR count). The monoisotopic (exact) mass is 324 g/mol. The molecule has 2 aromatic rings. The summed E-state index contributed by atoms with van der Waals surface area (Å²) in [6.07, 6.45) is 5.79. The van der Waals surface area contributed by atoms with E-state index in [4.69, 9.17) is 10.00 Å². The first-order valence-electron chi connectivity index (χ1n) is 7.76. The zero-order valence-electron chi connectivity index (χ0n) is 13.8. The van der Waals surface area contributed by atoms with Crippen LogP contribution in [0.5, 0.6) is 5.75 Å². The van der Waals surface area contributed by atoms with E-state index in [0.29, 0.717) is 11.6 Å². The average molecular weight is 324 g/mol. The number of aromatic nitrogens is 2. The molecule has 1 amide bonds. The van der Waals surface area contributed by atoms with Crippen molar-refractivity contribution in [2.75, 3.05) is 11.9 Å². The Balaban J connectivity index is 1.96. The fourth-order valence-electron chi connectivity index (χ4n) is 2.07. The maximum atomic E-state index is 12.1. The number of rotatable bonds is 7. The number of carbonyl (C=O) groups excluding carboxylic acids is 1. The molecule has 1 aromatic heterocycles. The van der Waals surface area contributed by atoms with Gasteiger partial charge in [0.15, 0.2) is 6.61 Å². The van der Waals surface area contributed by atoms with Gasteiger partial charge in [-0.2, -0.15) is 10.4 Å². The number of nitriles is 1. The van der Waals surface area contributed by atoms with E-state index in [2.05, 4.69) is 24.3 Å². The van der Waals surface area contributed by atoms with Gasteiger partial charge >= 0.3 is 0 Å². The summed E-state index contributed by atoms with van der Waals surface area (Å²) in [6, 6.07) is 11.1. The number of hydrogen-bond donors (Lipinski definition) is 1. The first kappa shape index (κ1) is 17.3. The predicted molar refractivity (Wildman–Crippen MR) is 92.4 cm³/mol. The third kappa shape index (κ3) is 4.71. The van der Waals surface area contributed by atoms with E-state index in [1.807, 2.05) is 18.2 Å². The molecule has 1 heterocycles. The number of anilines is 1. The number of amides is 1. The largest absolute Gasteiger partial charge is 0.479 e. The van der Waals surface area contributed by atoms with Gasteiger partial charge in [0.05, 0.1) is 12.2 Å². The highest BCUT2D eigenvalue weighted by molar-refractivity contribution is 6.01. The number of carbonyl (C=O) groups is 1. The molecule has 0 fully saturated rings. The van der Waals surface area contributed by atoms with Gasteiger partial charge in [-0.1, -0.05) is 19.1 Å². The second kappa shape index (κ2) is 8.53. The lowest BCUT2D eigenvalue weighted by Crippen LogP contribution is -2.15. The van der Waals surface area contributed by atoms with E-state index < -0.39 is 0 Å². The molecule has 0 bridgehead atoms. The summed E-state index contributed by atoms with van der Waals surface area (Å²) in [7, 11) is 0. The van der Waals surface area contributed by atoms with Crippen LogP contribution in [0.3, 0.4) is 0 Å². The van der Waals surface area contributed by atoms with Crippen molar-refractivity contribution in [3.8, 4) is 11.8 Å². The van der Waals surface area contributed by atoms with E-state index in [1.54, 1.807) is 35.2 Å². The van der Waals surface area contributed by atoms with Crippen molar-refractivity contribution in [3.63, 3.8) is 0 Å². The van der Waals surface area contributed by atoms with Crippen LogP contribution in [0.4, 0.5) is 5.82 Å². The fraction of sp³-hybridized carbons (Fsp3) is 0.278. The summed E-state index contributed by atoms with van der Waals surface area (Å²) in [5, 5.41) is 15.5. The van der Waals surface area contributed by atoms with Gasteiger partial charge in [-0.25, -0.2) is 4.68 Å². The maximum Gasteiger partial charge on any atom is 0.249 e. The first-order chi connectivity index (χ1) is 11.6. The smallest absolute Gasteiger partial charge is 0.249 e. The normalized spacial score (nSPS) is 11.9. The zero-order chi connectivity index (χ0) is 17.4. The number of nitrogens with one attached hydrogen (secondary N) is 1. The Morgan fingerprint density at radius 3 is 2.83 bits per heavy atom. The standard InChI is InChI=1S/C18H20N4O2/c1-3-14(2)22-17(10-12-20-22)21-18(23)9-6-15-4-7-16(8-5-15)24-13-11-19/h4-10,12,14H,3,13H2,1-2H3,(H,21,23). The second-order valence-electron chi connectivity index (χ2n) is 5.26. The Bertz CT molecular complexity index is 741. The summed E-state index contributed by atoms with van der Waals surface area (Å²) in [5.41, 5.74) is 0.866. The zero-order valence-corrected chi connectivity index (χ0v) is 13.8.